The van der Waals surface area contributed by atoms with Crippen molar-refractivity contribution in [2.75, 3.05) is 17.8 Å². The molecule has 0 spiro atoms. The predicted octanol–water partition coefficient (Wildman–Crippen LogP) is 3.46. The fourth-order valence-electron chi connectivity index (χ4n) is 2.80. The van der Waals surface area contributed by atoms with Crippen molar-refractivity contribution >= 4 is 15.7 Å². The maximum atomic E-state index is 12.4. The first-order valence-corrected chi connectivity index (χ1v) is 9.40. The molecule has 2 N–H and O–H groups in total. The van der Waals surface area contributed by atoms with Crippen LogP contribution in [0.25, 0.3) is 0 Å². The highest BCUT2D eigenvalue weighted by atomic mass is 32.2. The summed E-state index contributed by atoms with van der Waals surface area (Å²) in [5.74, 6) is -0.0622. The van der Waals surface area contributed by atoms with Gasteiger partial charge in [-0.2, -0.15) is 0 Å². The summed E-state index contributed by atoms with van der Waals surface area (Å²) in [5, 5.41) is 3.27. The van der Waals surface area contributed by atoms with Crippen LogP contribution in [0.15, 0.2) is 53.4 Å². The summed E-state index contributed by atoms with van der Waals surface area (Å²) in [7, 11) is -3.90. The molecule has 1 saturated heterocycles. The average Bonchev–Trinajstić information content (AvgIpc) is 3.09. The van der Waals surface area contributed by atoms with Gasteiger partial charge in [-0.25, -0.2) is 8.42 Å². The average molecular weight is 386 g/mol. The summed E-state index contributed by atoms with van der Waals surface area (Å²) in [5.41, 5.74) is 1.52. The molecule has 140 valence electrons. The van der Waals surface area contributed by atoms with E-state index in [1.54, 1.807) is 12.1 Å². The minimum atomic E-state index is -4.82. The van der Waals surface area contributed by atoms with E-state index in [1.807, 2.05) is 12.1 Å². The molecular formula is C17H17F3N2O3S. The number of benzene rings is 2. The van der Waals surface area contributed by atoms with Crippen molar-refractivity contribution in [3.05, 3.63) is 54.1 Å². The van der Waals surface area contributed by atoms with Crippen molar-refractivity contribution in [1.82, 2.24) is 5.32 Å². The normalized spacial score (nSPS) is 17.9. The third-order valence-electron chi connectivity index (χ3n) is 4.06. The molecule has 5 nitrogen and oxygen atoms in total. The van der Waals surface area contributed by atoms with E-state index in [0.717, 1.165) is 49.3 Å². The zero-order valence-corrected chi connectivity index (χ0v) is 14.4. The van der Waals surface area contributed by atoms with Crippen LogP contribution >= 0.6 is 0 Å². The molecule has 0 amide bonds. The number of hydrogen-bond donors (Lipinski definition) is 2. The minimum absolute atomic E-state index is 0.156. The lowest BCUT2D eigenvalue weighted by Crippen LogP contribution is -2.17. The van der Waals surface area contributed by atoms with E-state index in [-0.39, 0.29) is 4.90 Å². The molecule has 0 unspecified atom stereocenters. The second kappa shape index (κ2) is 7.16. The van der Waals surface area contributed by atoms with Crippen LogP contribution in [-0.4, -0.2) is 27.9 Å². The third-order valence-corrected chi connectivity index (χ3v) is 5.46. The molecule has 0 radical (unpaired) electrons. The molecule has 0 aliphatic carbocycles. The van der Waals surface area contributed by atoms with Gasteiger partial charge in [0.2, 0.25) is 0 Å². The first-order valence-electron chi connectivity index (χ1n) is 7.92. The Bertz CT molecular complexity index is 844. The van der Waals surface area contributed by atoms with Crippen molar-refractivity contribution < 1.29 is 26.3 Å². The first kappa shape index (κ1) is 18.5. The van der Waals surface area contributed by atoms with Crippen molar-refractivity contribution in [3.8, 4) is 5.75 Å². The lowest BCUT2D eigenvalue weighted by Gasteiger charge is -2.12. The van der Waals surface area contributed by atoms with Crippen LogP contribution in [0.4, 0.5) is 18.9 Å². The highest BCUT2D eigenvalue weighted by molar-refractivity contribution is 7.92. The molecule has 2 aromatic carbocycles. The number of anilines is 1. The predicted molar refractivity (Wildman–Crippen MR) is 90.6 cm³/mol. The third kappa shape index (κ3) is 4.67. The fourth-order valence-corrected chi connectivity index (χ4v) is 3.86. The highest BCUT2D eigenvalue weighted by Crippen LogP contribution is 2.26. The number of sulfonamides is 1. The Kier molecular flexibility index (Phi) is 5.10. The van der Waals surface area contributed by atoms with Crippen molar-refractivity contribution in [3.63, 3.8) is 0 Å². The first-order chi connectivity index (χ1) is 12.2. The van der Waals surface area contributed by atoms with Crippen molar-refractivity contribution in [2.45, 2.75) is 23.6 Å². The van der Waals surface area contributed by atoms with Gasteiger partial charge in [0.1, 0.15) is 5.75 Å². The molecule has 1 fully saturated rings. The summed E-state index contributed by atoms with van der Waals surface area (Å²) in [6.07, 6.45) is -3.79. The molecule has 1 heterocycles. The lowest BCUT2D eigenvalue weighted by atomic mass is 9.98. The van der Waals surface area contributed by atoms with E-state index >= 15 is 0 Å². The second-order valence-corrected chi connectivity index (χ2v) is 7.62. The van der Waals surface area contributed by atoms with Crippen molar-refractivity contribution in [2.24, 2.45) is 0 Å². The highest BCUT2D eigenvalue weighted by Gasteiger charge is 2.31. The smallest absolute Gasteiger partial charge is 0.406 e. The van der Waals surface area contributed by atoms with Crippen LogP contribution in [0.5, 0.6) is 5.75 Å². The summed E-state index contributed by atoms with van der Waals surface area (Å²) < 4.78 is 67.3. The zero-order chi connectivity index (χ0) is 18.8. The largest absolute Gasteiger partial charge is 0.573 e. The Hall–Kier alpha value is -2.26. The van der Waals surface area contributed by atoms with Gasteiger partial charge < -0.3 is 10.1 Å². The molecule has 0 aromatic heterocycles. The van der Waals surface area contributed by atoms with Crippen LogP contribution < -0.4 is 14.8 Å². The molecule has 26 heavy (non-hydrogen) atoms. The summed E-state index contributed by atoms with van der Waals surface area (Å²) in [6.45, 7) is 1.87. The maximum Gasteiger partial charge on any atom is 0.573 e. The SMILES string of the molecule is O=S(=O)(Nc1ccc([C@@H]2CCNC2)cc1)c1ccc(OC(F)(F)F)cc1. The topological polar surface area (TPSA) is 67.4 Å². The molecular weight excluding hydrogens is 369 g/mol. The van der Waals surface area contributed by atoms with Gasteiger partial charge in [0.05, 0.1) is 4.90 Å². The summed E-state index contributed by atoms with van der Waals surface area (Å²) in [6, 6.07) is 11.1. The Morgan fingerprint density at radius 2 is 1.69 bits per heavy atom. The molecule has 0 saturated carbocycles. The maximum absolute atomic E-state index is 12.4. The van der Waals surface area contributed by atoms with Crippen LogP contribution in [0.1, 0.15) is 17.9 Å². The van der Waals surface area contributed by atoms with E-state index in [9.17, 15) is 21.6 Å². The molecule has 3 rings (SSSR count). The summed E-state index contributed by atoms with van der Waals surface area (Å²) in [4.78, 5) is -0.156. The van der Waals surface area contributed by atoms with Gasteiger partial charge in [0.15, 0.2) is 0 Å². The zero-order valence-electron chi connectivity index (χ0n) is 13.6. The van der Waals surface area contributed by atoms with Gasteiger partial charge in [-0.3, -0.25) is 4.72 Å². The van der Waals surface area contributed by atoms with Crippen LogP contribution in [0, 0.1) is 0 Å². The Balaban J connectivity index is 1.70. The number of nitrogens with one attached hydrogen (secondary N) is 2. The van der Waals surface area contributed by atoms with Crippen LogP contribution in [0.3, 0.4) is 0 Å². The standard InChI is InChI=1S/C17H17F3N2O3S/c18-17(19,20)25-15-5-7-16(8-6-15)26(23,24)22-14-3-1-12(2-4-14)13-9-10-21-11-13/h1-8,13,21-22H,9-11H2/t13-/m1/s1. The lowest BCUT2D eigenvalue weighted by molar-refractivity contribution is -0.274. The van der Waals surface area contributed by atoms with Gasteiger partial charge in [-0.05, 0) is 60.8 Å². The van der Waals surface area contributed by atoms with E-state index < -0.39 is 22.1 Å². The molecule has 0 bridgehead atoms. The number of rotatable bonds is 5. The van der Waals surface area contributed by atoms with Gasteiger partial charge in [0, 0.05) is 12.2 Å². The Morgan fingerprint density at radius 3 is 2.23 bits per heavy atom. The Morgan fingerprint density at radius 1 is 1.04 bits per heavy atom. The molecule has 1 aliphatic rings. The molecule has 1 atom stereocenters. The monoisotopic (exact) mass is 386 g/mol. The quantitative estimate of drug-likeness (QED) is 0.826. The molecule has 1 aliphatic heterocycles. The van der Waals surface area contributed by atoms with Gasteiger partial charge >= 0.3 is 6.36 Å². The van der Waals surface area contributed by atoms with Gasteiger partial charge in [-0.1, -0.05) is 12.1 Å². The minimum Gasteiger partial charge on any atom is -0.406 e. The second-order valence-electron chi connectivity index (χ2n) is 5.94. The van der Waals surface area contributed by atoms with E-state index in [2.05, 4.69) is 14.8 Å². The number of halogens is 3. The van der Waals surface area contributed by atoms with E-state index in [1.165, 1.54) is 0 Å². The van der Waals surface area contributed by atoms with Gasteiger partial charge in [0.25, 0.3) is 10.0 Å². The molecule has 2 aromatic rings. The van der Waals surface area contributed by atoms with E-state index in [4.69, 9.17) is 0 Å². The molecule has 9 heteroatoms. The Labute approximate surface area is 149 Å². The van der Waals surface area contributed by atoms with E-state index in [0.29, 0.717) is 11.6 Å². The van der Waals surface area contributed by atoms with Crippen LogP contribution in [0.2, 0.25) is 0 Å². The van der Waals surface area contributed by atoms with Crippen LogP contribution in [-0.2, 0) is 10.0 Å². The number of ether oxygens (including phenoxy) is 1. The van der Waals surface area contributed by atoms with Gasteiger partial charge in [-0.15, -0.1) is 13.2 Å². The summed E-state index contributed by atoms with van der Waals surface area (Å²) >= 11 is 0. The number of alkyl halides is 3. The number of hydrogen-bond acceptors (Lipinski definition) is 4. The fraction of sp³-hybridized carbons (Fsp3) is 0.294. The van der Waals surface area contributed by atoms with Crippen molar-refractivity contribution in [1.29, 1.82) is 0 Å².